The first-order valence-electron chi connectivity index (χ1n) is 9.30. The minimum atomic E-state index is -0.496. The fourth-order valence-electron chi connectivity index (χ4n) is 3.60. The van der Waals surface area contributed by atoms with Crippen LogP contribution in [-0.2, 0) is 0 Å². The van der Waals surface area contributed by atoms with Crippen LogP contribution in [0.1, 0.15) is 37.9 Å². The topological polar surface area (TPSA) is 76.3 Å². The van der Waals surface area contributed by atoms with Gasteiger partial charge >= 0.3 is 5.91 Å². The molecule has 4 rings (SSSR count). The van der Waals surface area contributed by atoms with Crippen molar-refractivity contribution in [2.75, 3.05) is 0 Å². The number of amides is 2. The lowest BCUT2D eigenvalue weighted by Crippen LogP contribution is -2.41. The van der Waals surface area contributed by atoms with Gasteiger partial charge in [0, 0.05) is 28.0 Å². The number of rotatable bonds is 3. The van der Waals surface area contributed by atoms with Gasteiger partial charge in [0.15, 0.2) is 5.76 Å². The lowest BCUT2D eigenvalue weighted by Gasteiger charge is -2.10. The fraction of sp³-hybridized carbons (Fsp3) is 0.130. The monoisotopic (exact) mass is 387 g/mol. The maximum atomic E-state index is 12.7. The first-order valence-corrected chi connectivity index (χ1v) is 9.30. The number of aryl methyl sites for hydroxylation is 2. The van der Waals surface area contributed by atoms with E-state index in [2.05, 4.69) is 10.9 Å². The molecule has 0 aliphatic rings. The van der Waals surface area contributed by atoms with Gasteiger partial charge in [-0.15, -0.1) is 0 Å². The highest BCUT2D eigenvalue weighted by atomic mass is 16.3. The van der Waals surface area contributed by atoms with Crippen LogP contribution in [0.3, 0.4) is 0 Å². The molecule has 29 heavy (non-hydrogen) atoms. The Morgan fingerprint density at radius 2 is 1.52 bits per heavy atom. The summed E-state index contributed by atoms with van der Waals surface area (Å²) >= 11 is 0. The van der Waals surface area contributed by atoms with E-state index < -0.39 is 5.91 Å². The summed E-state index contributed by atoms with van der Waals surface area (Å²) in [6.45, 7) is 5.63. The van der Waals surface area contributed by atoms with Gasteiger partial charge in [-0.3, -0.25) is 20.4 Å². The largest absolute Gasteiger partial charge is 0.451 e. The zero-order chi connectivity index (χ0) is 20.5. The van der Waals surface area contributed by atoms with E-state index in [0.717, 1.165) is 28.0 Å². The zero-order valence-corrected chi connectivity index (χ0v) is 16.4. The van der Waals surface area contributed by atoms with Crippen LogP contribution in [0.4, 0.5) is 0 Å². The predicted molar refractivity (Wildman–Crippen MR) is 111 cm³/mol. The summed E-state index contributed by atoms with van der Waals surface area (Å²) in [7, 11) is 0. The van der Waals surface area contributed by atoms with Crippen LogP contribution in [0, 0.1) is 20.8 Å². The highest BCUT2D eigenvalue weighted by molar-refractivity contribution is 6.01. The SMILES string of the molecule is Cc1c(C(=O)NNC(=O)c2cc(C)n(-c3ccccc3)c2C)oc2ccccc12. The molecule has 4 aromatic rings. The third-order valence-corrected chi connectivity index (χ3v) is 5.03. The second kappa shape index (κ2) is 7.31. The molecule has 0 aliphatic heterocycles. The molecule has 0 aliphatic carbocycles. The molecular weight excluding hydrogens is 366 g/mol. The first kappa shape index (κ1) is 18.6. The van der Waals surface area contributed by atoms with Crippen molar-refractivity contribution < 1.29 is 14.0 Å². The first-order chi connectivity index (χ1) is 14.0. The average molecular weight is 387 g/mol. The third-order valence-electron chi connectivity index (χ3n) is 5.03. The third kappa shape index (κ3) is 3.29. The minimum Gasteiger partial charge on any atom is -0.451 e. The Morgan fingerprint density at radius 1 is 0.862 bits per heavy atom. The van der Waals surface area contributed by atoms with Crippen molar-refractivity contribution in [1.82, 2.24) is 15.4 Å². The van der Waals surface area contributed by atoms with Gasteiger partial charge in [0.2, 0.25) is 0 Å². The lowest BCUT2D eigenvalue weighted by molar-refractivity contribution is 0.0831. The van der Waals surface area contributed by atoms with Crippen molar-refractivity contribution in [3.05, 3.63) is 88.9 Å². The molecule has 0 radical (unpaired) electrons. The molecule has 0 bridgehead atoms. The number of para-hydroxylation sites is 2. The van der Waals surface area contributed by atoms with Gasteiger partial charge in [-0.2, -0.15) is 0 Å². The smallest absolute Gasteiger partial charge is 0.305 e. The summed E-state index contributed by atoms with van der Waals surface area (Å²) in [5.41, 5.74) is 9.50. The Balaban J connectivity index is 1.53. The predicted octanol–water partition coefficient (Wildman–Crippen LogP) is 4.22. The number of carbonyl (C=O) groups is 2. The number of hydrogen-bond acceptors (Lipinski definition) is 3. The van der Waals surface area contributed by atoms with Crippen LogP contribution in [0.5, 0.6) is 0 Å². The summed E-state index contributed by atoms with van der Waals surface area (Å²) in [5.74, 6) is -0.701. The fourth-order valence-corrected chi connectivity index (χ4v) is 3.60. The lowest BCUT2D eigenvalue weighted by atomic mass is 10.1. The summed E-state index contributed by atoms with van der Waals surface area (Å²) in [4.78, 5) is 25.2. The van der Waals surface area contributed by atoms with Gasteiger partial charge < -0.3 is 8.98 Å². The van der Waals surface area contributed by atoms with Crippen LogP contribution in [-0.4, -0.2) is 16.4 Å². The van der Waals surface area contributed by atoms with Crippen molar-refractivity contribution in [3.8, 4) is 5.69 Å². The number of hydrazine groups is 1. The molecule has 0 fully saturated rings. The Labute approximate surface area is 168 Å². The van der Waals surface area contributed by atoms with Crippen molar-refractivity contribution in [3.63, 3.8) is 0 Å². The molecule has 0 atom stereocenters. The second-order valence-corrected chi connectivity index (χ2v) is 6.92. The molecule has 2 heterocycles. The molecule has 2 aromatic heterocycles. The number of carbonyl (C=O) groups excluding carboxylic acids is 2. The standard InChI is InChI=1S/C23H21N3O3/c1-14-13-19(16(3)26(14)17-9-5-4-6-10-17)22(27)24-25-23(28)21-15(2)18-11-7-8-12-20(18)29-21/h4-13H,1-3H3,(H,24,27)(H,25,28). The highest BCUT2D eigenvalue weighted by Crippen LogP contribution is 2.25. The number of fused-ring (bicyclic) bond motifs is 1. The average Bonchev–Trinajstić information content (AvgIpc) is 3.23. The van der Waals surface area contributed by atoms with Gasteiger partial charge in [-0.05, 0) is 45.0 Å². The molecule has 0 saturated carbocycles. The number of benzene rings is 2. The van der Waals surface area contributed by atoms with Crippen LogP contribution in [0.25, 0.3) is 16.7 Å². The molecule has 0 spiro atoms. The number of nitrogens with one attached hydrogen (secondary N) is 2. The van der Waals surface area contributed by atoms with Crippen LogP contribution in [0.15, 0.2) is 65.1 Å². The summed E-state index contributed by atoms with van der Waals surface area (Å²) in [6, 6.07) is 19.0. The van der Waals surface area contributed by atoms with Crippen molar-refractivity contribution in [2.24, 2.45) is 0 Å². The van der Waals surface area contributed by atoms with Gasteiger partial charge in [0.25, 0.3) is 5.91 Å². The van der Waals surface area contributed by atoms with Crippen molar-refractivity contribution >= 4 is 22.8 Å². The van der Waals surface area contributed by atoms with Gasteiger partial charge in [0.1, 0.15) is 5.58 Å². The van der Waals surface area contributed by atoms with E-state index in [0.29, 0.717) is 11.1 Å². The summed E-state index contributed by atoms with van der Waals surface area (Å²) in [5, 5.41) is 0.871. The Hall–Kier alpha value is -3.80. The van der Waals surface area contributed by atoms with Crippen LogP contribution < -0.4 is 10.9 Å². The number of aromatic nitrogens is 1. The molecular formula is C23H21N3O3. The molecule has 0 saturated heterocycles. The molecule has 6 heteroatoms. The minimum absolute atomic E-state index is 0.182. The summed E-state index contributed by atoms with van der Waals surface area (Å²) in [6.07, 6.45) is 0. The molecule has 2 aromatic carbocycles. The number of furan rings is 1. The number of hydrogen-bond donors (Lipinski definition) is 2. The molecule has 6 nitrogen and oxygen atoms in total. The van der Waals surface area contributed by atoms with E-state index in [9.17, 15) is 9.59 Å². The van der Waals surface area contributed by atoms with E-state index in [4.69, 9.17) is 4.42 Å². The molecule has 146 valence electrons. The van der Waals surface area contributed by atoms with E-state index in [1.54, 1.807) is 12.1 Å². The van der Waals surface area contributed by atoms with E-state index in [1.165, 1.54) is 0 Å². The van der Waals surface area contributed by atoms with Crippen LogP contribution >= 0.6 is 0 Å². The van der Waals surface area contributed by atoms with Crippen molar-refractivity contribution in [1.29, 1.82) is 0 Å². The Kier molecular flexibility index (Phi) is 4.68. The van der Waals surface area contributed by atoms with E-state index in [-0.39, 0.29) is 11.7 Å². The molecule has 2 N–H and O–H groups in total. The Morgan fingerprint density at radius 3 is 2.24 bits per heavy atom. The van der Waals surface area contributed by atoms with Crippen LogP contribution in [0.2, 0.25) is 0 Å². The molecule has 2 amide bonds. The van der Waals surface area contributed by atoms with E-state index in [1.807, 2.05) is 73.9 Å². The quantitative estimate of drug-likeness (QED) is 0.517. The normalized spacial score (nSPS) is 10.9. The van der Waals surface area contributed by atoms with Gasteiger partial charge in [0.05, 0.1) is 5.56 Å². The number of nitrogens with zero attached hydrogens (tertiary/aromatic N) is 1. The zero-order valence-electron chi connectivity index (χ0n) is 16.4. The summed E-state index contributed by atoms with van der Waals surface area (Å²) < 4.78 is 7.64. The van der Waals surface area contributed by atoms with Gasteiger partial charge in [-0.1, -0.05) is 36.4 Å². The highest BCUT2D eigenvalue weighted by Gasteiger charge is 2.20. The van der Waals surface area contributed by atoms with Gasteiger partial charge in [-0.25, -0.2) is 0 Å². The maximum Gasteiger partial charge on any atom is 0.305 e. The second-order valence-electron chi connectivity index (χ2n) is 6.92. The van der Waals surface area contributed by atoms with E-state index >= 15 is 0 Å². The maximum absolute atomic E-state index is 12.7. The van der Waals surface area contributed by atoms with Crippen molar-refractivity contribution in [2.45, 2.75) is 20.8 Å². The Bertz CT molecular complexity index is 1220. The molecule has 0 unspecified atom stereocenters.